The summed E-state index contributed by atoms with van der Waals surface area (Å²) in [6.45, 7) is 2.74. The van der Waals surface area contributed by atoms with Gasteiger partial charge in [0.2, 0.25) is 5.91 Å². The Balaban J connectivity index is 1.74. The molecule has 114 valence electrons. The standard InChI is InChI=1S/C15H21N3O3/c1-2-18-10-11(9-16-18)17-14(20)12-8-13(19)21-15(12)6-4-3-5-7-15/h9-10,12H,2-8H2,1H3,(H,17,20)/t12-/m0/s1. The highest BCUT2D eigenvalue weighted by molar-refractivity contribution is 5.96. The first-order chi connectivity index (χ1) is 10.1. The Labute approximate surface area is 123 Å². The first-order valence-electron chi connectivity index (χ1n) is 7.68. The number of hydrogen-bond donors (Lipinski definition) is 1. The van der Waals surface area contributed by atoms with Gasteiger partial charge in [0.05, 0.1) is 24.2 Å². The molecule has 1 aliphatic carbocycles. The molecule has 0 aromatic carbocycles. The van der Waals surface area contributed by atoms with Gasteiger partial charge in [-0.15, -0.1) is 0 Å². The van der Waals surface area contributed by atoms with Crippen molar-refractivity contribution in [2.24, 2.45) is 5.92 Å². The van der Waals surface area contributed by atoms with E-state index >= 15 is 0 Å². The molecule has 2 aliphatic rings. The van der Waals surface area contributed by atoms with Gasteiger partial charge in [0.25, 0.3) is 0 Å². The third-order valence-corrected chi connectivity index (χ3v) is 4.56. The third kappa shape index (κ3) is 2.66. The topological polar surface area (TPSA) is 73.2 Å². The van der Waals surface area contributed by atoms with E-state index in [4.69, 9.17) is 4.74 Å². The van der Waals surface area contributed by atoms with Crippen LogP contribution in [0.2, 0.25) is 0 Å². The number of carbonyl (C=O) groups excluding carboxylic acids is 2. The van der Waals surface area contributed by atoms with E-state index in [9.17, 15) is 9.59 Å². The number of nitrogens with one attached hydrogen (secondary N) is 1. The third-order valence-electron chi connectivity index (χ3n) is 4.56. The molecule has 1 spiro atoms. The SMILES string of the molecule is CCn1cc(NC(=O)[C@@H]2CC(=O)OC23CCCCC3)cn1. The van der Waals surface area contributed by atoms with Crippen LogP contribution in [-0.4, -0.2) is 27.3 Å². The normalized spacial score (nSPS) is 24.0. The smallest absolute Gasteiger partial charge is 0.307 e. The van der Waals surface area contributed by atoms with E-state index in [-0.39, 0.29) is 24.2 Å². The molecule has 1 N–H and O–H groups in total. The highest BCUT2D eigenvalue weighted by atomic mass is 16.6. The van der Waals surface area contributed by atoms with Gasteiger partial charge >= 0.3 is 5.97 Å². The van der Waals surface area contributed by atoms with Gasteiger partial charge < -0.3 is 10.1 Å². The van der Waals surface area contributed by atoms with E-state index in [2.05, 4.69) is 10.4 Å². The largest absolute Gasteiger partial charge is 0.458 e. The lowest BCUT2D eigenvalue weighted by Crippen LogP contribution is -2.43. The second kappa shape index (κ2) is 5.50. The van der Waals surface area contributed by atoms with Crippen LogP contribution in [0.3, 0.4) is 0 Å². The van der Waals surface area contributed by atoms with Gasteiger partial charge in [0.1, 0.15) is 5.60 Å². The fourth-order valence-electron chi connectivity index (χ4n) is 3.45. The van der Waals surface area contributed by atoms with Gasteiger partial charge in [-0.25, -0.2) is 0 Å². The van der Waals surface area contributed by atoms with Crippen LogP contribution in [0.15, 0.2) is 12.4 Å². The maximum atomic E-state index is 12.6. The van der Waals surface area contributed by atoms with Crippen LogP contribution >= 0.6 is 0 Å². The molecule has 1 atom stereocenters. The van der Waals surface area contributed by atoms with E-state index in [1.807, 2.05) is 6.92 Å². The maximum absolute atomic E-state index is 12.6. The van der Waals surface area contributed by atoms with Crippen LogP contribution in [-0.2, 0) is 20.9 Å². The molecule has 1 saturated heterocycles. The molecule has 1 aromatic heterocycles. The lowest BCUT2D eigenvalue weighted by atomic mass is 9.75. The second-order valence-electron chi connectivity index (χ2n) is 5.93. The van der Waals surface area contributed by atoms with Gasteiger partial charge in [-0.1, -0.05) is 6.42 Å². The molecule has 0 radical (unpaired) electrons. The Kier molecular flexibility index (Phi) is 3.69. The van der Waals surface area contributed by atoms with Crippen molar-refractivity contribution in [2.45, 2.75) is 57.6 Å². The number of hydrogen-bond acceptors (Lipinski definition) is 4. The van der Waals surface area contributed by atoms with Gasteiger partial charge in [-0.2, -0.15) is 5.10 Å². The minimum atomic E-state index is -0.569. The molecule has 0 bridgehead atoms. The number of rotatable bonds is 3. The number of anilines is 1. The minimum Gasteiger partial charge on any atom is -0.458 e. The fraction of sp³-hybridized carbons (Fsp3) is 0.667. The van der Waals surface area contributed by atoms with E-state index in [0.29, 0.717) is 5.69 Å². The summed E-state index contributed by atoms with van der Waals surface area (Å²) in [5.74, 6) is -0.755. The Morgan fingerprint density at radius 3 is 2.90 bits per heavy atom. The zero-order valence-corrected chi connectivity index (χ0v) is 12.3. The molecule has 6 nitrogen and oxygen atoms in total. The summed E-state index contributed by atoms with van der Waals surface area (Å²) < 4.78 is 7.32. The predicted octanol–water partition coefficient (Wildman–Crippen LogP) is 2.11. The summed E-state index contributed by atoms with van der Waals surface area (Å²) in [5.41, 5.74) is 0.104. The summed E-state index contributed by atoms with van der Waals surface area (Å²) in [4.78, 5) is 24.3. The highest BCUT2D eigenvalue weighted by Crippen LogP contribution is 2.44. The summed E-state index contributed by atoms with van der Waals surface area (Å²) in [6, 6.07) is 0. The molecule has 1 amide bonds. The van der Waals surface area contributed by atoms with Crippen LogP contribution in [0.1, 0.15) is 45.4 Å². The van der Waals surface area contributed by atoms with Gasteiger partial charge in [-0.05, 0) is 32.6 Å². The summed E-state index contributed by atoms with van der Waals surface area (Å²) in [6.07, 6.45) is 8.39. The lowest BCUT2D eigenvalue weighted by molar-refractivity contribution is -0.153. The molecule has 1 aliphatic heterocycles. The number of carbonyl (C=O) groups is 2. The zero-order chi connectivity index (χ0) is 14.9. The Bertz CT molecular complexity index is 546. The minimum absolute atomic E-state index is 0.126. The van der Waals surface area contributed by atoms with Gasteiger partial charge in [0, 0.05) is 12.7 Å². The molecular formula is C15H21N3O3. The number of ether oxygens (including phenoxy) is 1. The molecule has 0 unspecified atom stereocenters. The summed E-state index contributed by atoms with van der Waals surface area (Å²) in [7, 11) is 0. The highest BCUT2D eigenvalue weighted by Gasteiger charge is 2.52. The van der Waals surface area contributed by atoms with Crippen molar-refractivity contribution in [2.75, 3.05) is 5.32 Å². The van der Waals surface area contributed by atoms with Crippen LogP contribution in [0, 0.1) is 5.92 Å². The Morgan fingerprint density at radius 2 is 2.24 bits per heavy atom. The molecule has 21 heavy (non-hydrogen) atoms. The molecule has 2 fully saturated rings. The Morgan fingerprint density at radius 1 is 1.48 bits per heavy atom. The molecule has 3 rings (SSSR count). The number of nitrogens with zero attached hydrogens (tertiary/aromatic N) is 2. The summed E-state index contributed by atoms with van der Waals surface area (Å²) >= 11 is 0. The number of aromatic nitrogens is 2. The maximum Gasteiger partial charge on any atom is 0.307 e. The van der Waals surface area contributed by atoms with Crippen LogP contribution in [0.4, 0.5) is 5.69 Å². The van der Waals surface area contributed by atoms with E-state index in [1.165, 1.54) is 0 Å². The van der Waals surface area contributed by atoms with Crippen LogP contribution in [0.5, 0.6) is 0 Å². The zero-order valence-electron chi connectivity index (χ0n) is 12.3. The fourth-order valence-corrected chi connectivity index (χ4v) is 3.45. The van der Waals surface area contributed by atoms with Crippen molar-refractivity contribution < 1.29 is 14.3 Å². The van der Waals surface area contributed by atoms with Crippen molar-refractivity contribution in [1.82, 2.24) is 9.78 Å². The second-order valence-corrected chi connectivity index (χ2v) is 5.93. The monoisotopic (exact) mass is 291 g/mol. The average molecular weight is 291 g/mol. The first-order valence-corrected chi connectivity index (χ1v) is 7.68. The van der Waals surface area contributed by atoms with E-state index in [0.717, 1.165) is 38.6 Å². The summed E-state index contributed by atoms with van der Waals surface area (Å²) in [5, 5.41) is 7.01. The van der Waals surface area contributed by atoms with Crippen LogP contribution in [0.25, 0.3) is 0 Å². The molecule has 6 heteroatoms. The molecular weight excluding hydrogens is 270 g/mol. The van der Waals surface area contributed by atoms with Crippen molar-refractivity contribution in [3.05, 3.63) is 12.4 Å². The number of amides is 1. The Hall–Kier alpha value is -1.85. The lowest BCUT2D eigenvalue weighted by Gasteiger charge is -2.35. The molecule has 1 aromatic rings. The quantitative estimate of drug-likeness (QED) is 0.866. The van der Waals surface area contributed by atoms with Gasteiger partial charge in [0.15, 0.2) is 0 Å². The number of esters is 1. The molecule has 2 heterocycles. The predicted molar refractivity (Wildman–Crippen MR) is 76.5 cm³/mol. The van der Waals surface area contributed by atoms with Crippen molar-refractivity contribution in [3.63, 3.8) is 0 Å². The average Bonchev–Trinajstić information content (AvgIpc) is 3.04. The van der Waals surface area contributed by atoms with Crippen molar-refractivity contribution in [3.8, 4) is 0 Å². The van der Waals surface area contributed by atoms with Gasteiger partial charge in [-0.3, -0.25) is 14.3 Å². The van der Waals surface area contributed by atoms with E-state index in [1.54, 1.807) is 17.1 Å². The molecule has 1 saturated carbocycles. The van der Waals surface area contributed by atoms with Crippen LogP contribution < -0.4 is 5.32 Å². The number of aryl methyl sites for hydroxylation is 1. The van der Waals surface area contributed by atoms with E-state index < -0.39 is 5.60 Å². The van der Waals surface area contributed by atoms with Crippen molar-refractivity contribution in [1.29, 1.82) is 0 Å². The van der Waals surface area contributed by atoms with Crippen molar-refractivity contribution >= 4 is 17.6 Å². The first kappa shape index (κ1) is 14.1.